The number of ether oxygens (including phenoxy) is 2. The number of hydrogen-bond donors (Lipinski definition) is 0. The molecule has 0 N–H and O–H groups in total. The van der Waals surface area contributed by atoms with Gasteiger partial charge in [0.25, 0.3) is 0 Å². The van der Waals surface area contributed by atoms with Crippen LogP contribution in [0.15, 0.2) is 24.5 Å². The molecule has 0 saturated carbocycles. The minimum atomic E-state index is -0.209. The first-order valence-electron chi connectivity index (χ1n) is 4.01. The second-order valence-corrected chi connectivity index (χ2v) is 2.33. The predicted molar refractivity (Wildman–Crippen MR) is 46.0 cm³/mol. The van der Waals surface area contributed by atoms with Gasteiger partial charge >= 0.3 is 0 Å². The summed E-state index contributed by atoms with van der Waals surface area (Å²) >= 11 is 0. The van der Waals surface area contributed by atoms with Crippen molar-refractivity contribution < 1.29 is 9.47 Å². The molecule has 12 heavy (non-hydrogen) atoms. The molecule has 0 amide bonds. The fourth-order valence-corrected chi connectivity index (χ4v) is 0.877. The average molecular weight is 167 g/mol. The lowest BCUT2D eigenvalue weighted by Crippen LogP contribution is -2.15. The SMILES string of the molecule is CCOC(C)Oc1cccnc1. The van der Waals surface area contributed by atoms with Gasteiger partial charge < -0.3 is 9.47 Å². The molecule has 1 atom stereocenters. The Hall–Kier alpha value is -1.09. The van der Waals surface area contributed by atoms with E-state index in [0.29, 0.717) is 6.61 Å². The summed E-state index contributed by atoms with van der Waals surface area (Å²) in [6, 6.07) is 3.68. The van der Waals surface area contributed by atoms with Crippen molar-refractivity contribution in [1.29, 1.82) is 0 Å². The Balaban J connectivity index is 2.41. The van der Waals surface area contributed by atoms with Crippen LogP contribution in [-0.4, -0.2) is 17.9 Å². The van der Waals surface area contributed by atoms with Crippen molar-refractivity contribution in [1.82, 2.24) is 4.98 Å². The van der Waals surface area contributed by atoms with Gasteiger partial charge in [0.1, 0.15) is 5.75 Å². The molecule has 3 nitrogen and oxygen atoms in total. The van der Waals surface area contributed by atoms with Crippen molar-refractivity contribution in [2.45, 2.75) is 20.1 Å². The van der Waals surface area contributed by atoms with Crippen LogP contribution in [0, 0.1) is 0 Å². The molecular formula is C9H13NO2. The van der Waals surface area contributed by atoms with Crippen LogP contribution in [0.1, 0.15) is 13.8 Å². The summed E-state index contributed by atoms with van der Waals surface area (Å²) in [5.74, 6) is 0.735. The molecule has 1 unspecified atom stereocenters. The molecule has 0 spiro atoms. The Bertz CT molecular complexity index is 213. The summed E-state index contributed by atoms with van der Waals surface area (Å²) in [5, 5.41) is 0. The van der Waals surface area contributed by atoms with Crippen LogP contribution in [-0.2, 0) is 4.74 Å². The highest BCUT2D eigenvalue weighted by Gasteiger charge is 2.00. The maximum atomic E-state index is 5.37. The molecule has 66 valence electrons. The van der Waals surface area contributed by atoms with E-state index in [4.69, 9.17) is 9.47 Å². The molecule has 0 saturated heterocycles. The quantitative estimate of drug-likeness (QED) is 0.641. The Morgan fingerprint density at radius 2 is 2.42 bits per heavy atom. The van der Waals surface area contributed by atoms with Crippen LogP contribution in [0.2, 0.25) is 0 Å². The second-order valence-electron chi connectivity index (χ2n) is 2.33. The number of nitrogens with zero attached hydrogens (tertiary/aromatic N) is 1. The molecule has 1 aromatic rings. The normalized spacial score (nSPS) is 12.5. The first-order valence-corrected chi connectivity index (χ1v) is 4.01. The van der Waals surface area contributed by atoms with Gasteiger partial charge in [0.2, 0.25) is 0 Å². The van der Waals surface area contributed by atoms with Crippen LogP contribution >= 0.6 is 0 Å². The van der Waals surface area contributed by atoms with E-state index >= 15 is 0 Å². The molecule has 1 rings (SSSR count). The Morgan fingerprint density at radius 3 is 3.00 bits per heavy atom. The molecule has 0 bridgehead atoms. The molecule has 1 heterocycles. The molecule has 0 aliphatic heterocycles. The van der Waals surface area contributed by atoms with Gasteiger partial charge in [-0.25, -0.2) is 0 Å². The zero-order chi connectivity index (χ0) is 8.81. The van der Waals surface area contributed by atoms with Gasteiger partial charge in [-0.1, -0.05) is 0 Å². The van der Waals surface area contributed by atoms with Crippen molar-refractivity contribution in [2.75, 3.05) is 6.61 Å². The molecule has 0 aliphatic rings. The van der Waals surface area contributed by atoms with E-state index < -0.39 is 0 Å². The minimum Gasteiger partial charge on any atom is -0.464 e. The summed E-state index contributed by atoms with van der Waals surface area (Å²) in [6.07, 6.45) is 3.16. The molecule has 3 heteroatoms. The van der Waals surface area contributed by atoms with Crippen molar-refractivity contribution in [3.8, 4) is 5.75 Å². The summed E-state index contributed by atoms with van der Waals surface area (Å²) < 4.78 is 10.6. The minimum absolute atomic E-state index is 0.209. The average Bonchev–Trinajstić information content (AvgIpc) is 2.06. The second kappa shape index (κ2) is 4.72. The maximum Gasteiger partial charge on any atom is 0.197 e. The third kappa shape index (κ3) is 2.88. The van der Waals surface area contributed by atoms with Crippen molar-refractivity contribution in [2.24, 2.45) is 0 Å². The summed E-state index contributed by atoms with van der Waals surface area (Å²) in [6.45, 7) is 4.45. The Labute approximate surface area is 72.3 Å². The van der Waals surface area contributed by atoms with Crippen LogP contribution in [0.25, 0.3) is 0 Å². The maximum absolute atomic E-state index is 5.37. The lowest BCUT2D eigenvalue weighted by Gasteiger charge is -2.13. The standard InChI is InChI=1S/C9H13NO2/c1-3-11-8(2)12-9-5-4-6-10-7-9/h4-8H,3H2,1-2H3. The monoisotopic (exact) mass is 167 g/mol. The highest BCUT2D eigenvalue weighted by molar-refractivity contribution is 5.15. The van der Waals surface area contributed by atoms with Gasteiger partial charge in [-0.15, -0.1) is 0 Å². The van der Waals surface area contributed by atoms with Gasteiger partial charge in [-0.05, 0) is 26.0 Å². The van der Waals surface area contributed by atoms with Gasteiger partial charge in [0, 0.05) is 12.8 Å². The van der Waals surface area contributed by atoms with Crippen molar-refractivity contribution in [3.63, 3.8) is 0 Å². The van der Waals surface area contributed by atoms with E-state index in [2.05, 4.69) is 4.98 Å². The van der Waals surface area contributed by atoms with Crippen LogP contribution in [0.4, 0.5) is 0 Å². The number of aromatic nitrogens is 1. The van der Waals surface area contributed by atoms with E-state index in [0.717, 1.165) is 5.75 Å². The van der Waals surface area contributed by atoms with Gasteiger partial charge in [-0.2, -0.15) is 0 Å². The van der Waals surface area contributed by atoms with E-state index in [9.17, 15) is 0 Å². The number of rotatable bonds is 4. The van der Waals surface area contributed by atoms with Crippen molar-refractivity contribution in [3.05, 3.63) is 24.5 Å². The first kappa shape index (κ1) is 9.00. The molecule has 0 radical (unpaired) electrons. The van der Waals surface area contributed by atoms with Crippen molar-refractivity contribution >= 4 is 0 Å². The third-order valence-corrected chi connectivity index (χ3v) is 1.34. The zero-order valence-electron chi connectivity index (χ0n) is 7.36. The van der Waals surface area contributed by atoms with Gasteiger partial charge in [0.15, 0.2) is 6.29 Å². The Kier molecular flexibility index (Phi) is 3.54. The summed E-state index contributed by atoms with van der Waals surface area (Å²) in [5.41, 5.74) is 0. The van der Waals surface area contributed by atoms with Gasteiger partial charge in [0.05, 0.1) is 6.20 Å². The van der Waals surface area contributed by atoms with Crippen LogP contribution in [0.5, 0.6) is 5.75 Å². The summed E-state index contributed by atoms with van der Waals surface area (Å²) in [7, 11) is 0. The molecule has 0 fully saturated rings. The summed E-state index contributed by atoms with van der Waals surface area (Å²) in [4.78, 5) is 3.92. The topological polar surface area (TPSA) is 31.4 Å². The highest BCUT2D eigenvalue weighted by atomic mass is 16.7. The van der Waals surface area contributed by atoms with Crippen LogP contribution < -0.4 is 4.74 Å². The van der Waals surface area contributed by atoms with E-state index in [1.54, 1.807) is 12.4 Å². The molecule has 1 aromatic heterocycles. The molecule has 0 aromatic carbocycles. The highest BCUT2D eigenvalue weighted by Crippen LogP contribution is 2.08. The largest absolute Gasteiger partial charge is 0.464 e. The molecule has 0 aliphatic carbocycles. The predicted octanol–water partition coefficient (Wildman–Crippen LogP) is 1.84. The van der Waals surface area contributed by atoms with Gasteiger partial charge in [-0.3, -0.25) is 4.98 Å². The zero-order valence-corrected chi connectivity index (χ0v) is 7.36. The lowest BCUT2D eigenvalue weighted by molar-refractivity contribution is -0.0614. The fraction of sp³-hybridized carbons (Fsp3) is 0.444. The molecular weight excluding hydrogens is 154 g/mol. The first-order chi connectivity index (χ1) is 5.83. The third-order valence-electron chi connectivity index (χ3n) is 1.34. The lowest BCUT2D eigenvalue weighted by atomic mass is 10.5. The fourth-order valence-electron chi connectivity index (χ4n) is 0.877. The Morgan fingerprint density at radius 1 is 1.58 bits per heavy atom. The smallest absolute Gasteiger partial charge is 0.197 e. The van der Waals surface area contributed by atoms with Crippen LogP contribution in [0.3, 0.4) is 0 Å². The number of hydrogen-bond acceptors (Lipinski definition) is 3. The van der Waals surface area contributed by atoms with E-state index in [1.807, 2.05) is 26.0 Å². The van der Waals surface area contributed by atoms with E-state index in [-0.39, 0.29) is 6.29 Å². The number of pyridine rings is 1. The van der Waals surface area contributed by atoms with E-state index in [1.165, 1.54) is 0 Å².